The lowest BCUT2D eigenvalue weighted by molar-refractivity contribution is 0.0545. The highest BCUT2D eigenvalue weighted by molar-refractivity contribution is 7.17. The van der Waals surface area contributed by atoms with Gasteiger partial charge in [-0.2, -0.15) is 0 Å². The average molecular weight is 435 g/mol. The van der Waals surface area contributed by atoms with E-state index in [1.54, 1.807) is 11.3 Å². The Bertz CT molecular complexity index is 1020. The van der Waals surface area contributed by atoms with E-state index in [1.165, 1.54) is 55.4 Å². The zero-order valence-electron chi connectivity index (χ0n) is 17.9. The third kappa shape index (κ3) is 3.97. The predicted molar refractivity (Wildman–Crippen MR) is 126 cm³/mol. The molecule has 3 aromatic rings. The van der Waals surface area contributed by atoms with E-state index in [0.717, 1.165) is 48.0 Å². The second-order valence-electron chi connectivity index (χ2n) is 9.53. The van der Waals surface area contributed by atoms with Crippen molar-refractivity contribution in [1.29, 1.82) is 0 Å². The topological polar surface area (TPSA) is 50.3 Å². The summed E-state index contributed by atoms with van der Waals surface area (Å²) < 4.78 is 6.76. The number of benzene rings is 1. The van der Waals surface area contributed by atoms with Gasteiger partial charge < -0.3 is 15.0 Å². The van der Waals surface area contributed by atoms with Crippen molar-refractivity contribution in [2.45, 2.75) is 31.7 Å². The van der Waals surface area contributed by atoms with E-state index in [2.05, 4.69) is 56.1 Å². The number of hydrogen-bond acceptors (Lipinski definition) is 6. The fourth-order valence-corrected chi connectivity index (χ4v) is 6.82. The van der Waals surface area contributed by atoms with E-state index in [4.69, 9.17) is 4.74 Å². The fourth-order valence-electron chi connectivity index (χ4n) is 5.92. The molecule has 4 heterocycles. The standard InChI is InChI=1S/C25H30N4OS/c1-2-4-18(5-3-1)23-24-22(8-11-31-24)25(28-27-23)26-21-12-19-15-29(16-20(19)13-21)14-17-6-9-30-10-7-17/h1-5,8,11,17,19-21H,6-7,9-10,12-16H2,(H,26,28)/t19-,20+,21?. The maximum Gasteiger partial charge on any atom is 0.157 e. The van der Waals surface area contributed by atoms with Gasteiger partial charge in [-0.15, -0.1) is 21.5 Å². The molecule has 0 bridgehead atoms. The summed E-state index contributed by atoms with van der Waals surface area (Å²) in [6.45, 7) is 5.73. The van der Waals surface area contributed by atoms with E-state index in [9.17, 15) is 0 Å². The number of rotatable bonds is 5. The van der Waals surface area contributed by atoms with Crippen molar-refractivity contribution in [1.82, 2.24) is 15.1 Å². The van der Waals surface area contributed by atoms with Crippen molar-refractivity contribution in [3.8, 4) is 11.3 Å². The molecule has 0 radical (unpaired) electrons. The molecule has 31 heavy (non-hydrogen) atoms. The molecule has 162 valence electrons. The second kappa shape index (κ2) is 8.49. The molecule has 3 aliphatic rings. The molecule has 1 aliphatic carbocycles. The third-order valence-electron chi connectivity index (χ3n) is 7.46. The number of anilines is 1. The number of nitrogens with zero attached hydrogens (tertiary/aromatic N) is 3. The molecular formula is C25H30N4OS. The lowest BCUT2D eigenvalue weighted by Gasteiger charge is -2.27. The number of thiophene rings is 1. The number of ether oxygens (including phenoxy) is 1. The van der Waals surface area contributed by atoms with Gasteiger partial charge in [0.2, 0.25) is 0 Å². The largest absolute Gasteiger partial charge is 0.381 e. The van der Waals surface area contributed by atoms with Crippen LogP contribution in [0.3, 0.4) is 0 Å². The van der Waals surface area contributed by atoms with Crippen molar-refractivity contribution < 1.29 is 4.74 Å². The van der Waals surface area contributed by atoms with Crippen LogP contribution in [-0.2, 0) is 4.74 Å². The summed E-state index contributed by atoms with van der Waals surface area (Å²) in [7, 11) is 0. The highest BCUT2D eigenvalue weighted by atomic mass is 32.1. The van der Waals surface area contributed by atoms with Crippen LogP contribution in [0.1, 0.15) is 25.7 Å². The summed E-state index contributed by atoms with van der Waals surface area (Å²) in [4.78, 5) is 2.73. The maximum atomic E-state index is 5.53. The van der Waals surface area contributed by atoms with E-state index in [1.807, 2.05) is 6.07 Å². The van der Waals surface area contributed by atoms with Gasteiger partial charge in [0, 0.05) is 49.8 Å². The van der Waals surface area contributed by atoms with Crippen molar-refractivity contribution in [2.24, 2.45) is 17.8 Å². The zero-order chi connectivity index (χ0) is 20.6. The van der Waals surface area contributed by atoms with Crippen LogP contribution in [0.2, 0.25) is 0 Å². The summed E-state index contributed by atoms with van der Waals surface area (Å²) in [6.07, 6.45) is 4.99. The SMILES string of the molecule is c1ccc(-c2nnc(NC3C[C@@H]4CN(CC5CCOCC5)C[C@@H]4C3)c3ccsc23)cc1. The number of nitrogens with one attached hydrogen (secondary N) is 1. The summed E-state index contributed by atoms with van der Waals surface area (Å²) in [5, 5.41) is 16.4. The molecule has 5 nitrogen and oxygen atoms in total. The number of aromatic nitrogens is 2. The molecule has 1 unspecified atom stereocenters. The van der Waals surface area contributed by atoms with Crippen LogP contribution in [0.25, 0.3) is 21.3 Å². The molecule has 1 saturated carbocycles. The smallest absolute Gasteiger partial charge is 0.157 e. The minimum Gasteiger partial charge on any atom is -0.381 e. The van der Waals surface area contributed by atoms with E-state index < -0.39 is 0 Å². The summed E-state index contributed by atoms with van der Waals surface area (Å²) >= 11 is 1.76. The molecule has 6 rings (SSSR count). The Morgan fingerprint density at radius 3 is 2.55 bits per heavy atom. The monoisotopic (exact) mass is 434 g/mol. The zero-order valence-corrected chi connectivity index (χ0v) is 18.7. The lowest BCUT2D eigenvalue weighted by Crippen LogP contribution is -2.32. The van der Waals surface area contributed by atoms with Crippen molar-refractivity contribution in [3.05, 3.63) is 41.8 Å². The molecule has 1 N–H and O–H groups in total. The number of fused-ring (bicyclic) bond motifs is 2. The Balaban J connectivity index is 1.12. The van der Waals surface area contributed by atoms with Crippen LogP contribution in [0, 0.1) is 17.8 Å². The molecule has 6 heteroatoms. The summed E-state index contributed by atoms with van der Waals surface area (Å²) in [5.74, 6) is 3.45. The first-order valence-corrected chi connectivity index (χ1v) is 12.6. The Kier molecular flexibility index (Phi) is 5.38. The second-order valence-corrected chi connectivity index (χ2v) is 10.4. The van der Waals surface area contributed by atoms with Crippen molar-refractivity contribution >= 4 is 27.2 Å². The van der Waals surface area contributed by atoms with Gasteiger partial charge in [-0.25, -0.2) is 0 Å². The van der Waals surface area contributed by atoms with Crippen LogP contribution in [0.5, 0.6) is 0 Å². The quantitative estimate of drug-likeness (QED) is 0.618. The lowest BCUT2D eigenvalue weighted by atomic mass is 10.00. The van der Waals surface area contributed by atoms with Gasteiger partial charge >= 0.3 is 0 Å². The van der Waals surface area contributed by atoms with Gasteiger partial charge in [0.25, 0.3) is 0 Å². The van der Waals surface area contributed by atoms with Crippen LogP contribution >= 0.6 is 11.3 Å². The molecule has 2 saturated heterocycles. The van der Waals surface area contributed by atoms with Gasteiger partial charge in [0.05, 0.1) is 4.70 Å². The van der Waals surface area contributed by atoms with E-state index in [-0.39, 0.29) is 0 Å². The first-order chi connectivity index (χ1) is 15.3. The summed E-state index contributed by atoms with van der Waals surface area (Å²) in [6, 6.07) is 13.1. The van der Waals surface area contributed by atoms with Gasteiger partial charge in [0.15, 0.2) is 5.82 Å². The van der Waals surface area contributed by atoms with Gasteiger partial charge in [-0.3, -0.25) is 0 Å². The maximum absolute atomic E-state index is 5.53. The third-order valence-corrected chi connectivity index (χ3v) is 8.38. The van der Waals surface area contributed by atoms with Gasteiger partial charge in [-0.1, -0.05) is 30.3 Å². The Morgan fingerprint density at radius 2 is 1.77 bits per heavy atom. The Morgan fingerprint density at radius 1 is 1.00 bits per heavy atom. The molecule has 0 spiro atoms. The normalized spacial score (nSPS) is 27.0. The Labute approximate surface area is 187 Å². The van der Waals surface area contributed by atoms with Crippen LogP contribution in [0.4, 0.5) is 5.82 Å². The summed E-state index contributed by atoms with van der Waals surface area (Å²) in [5.41, 5.74) is 2.12. The Hall–Kier alpha value is -2.02. The minimum atomic E-state index is 0.514. The highest BCUT2D eigenvalue weighted by Crippen LogP contribution is 2.41. The molecular weight excluding hydrogens is 404 g/mol. The predicted octanol–water partition coefficient (Wildman–Crippen LogP) is 4.91. The number of likely N-dealkylation sites (tertiary alicyclic amines) is 1. The van der Waals surface area contributed by atoms with E-state index >= 15 is 0 Å². The highest BCUT2D eigenvalue weighted by Gasteiger charge is 2.41. The molecule has 2 aromatic heterocycles. The van der Waals surface area contributed by atoms with Gasteiger partial charge in [-0.05, 0) is 54.9 Å². The molecule has 0 amide bonds. The van der Waals surface area contributed by atoms with E-state index in [0.29, 0.717) is 6.04 Å². The van der Waals surface area contributed by atoms with Crippen LogP contribution < -0.4 is 5.32 Å². The minimum absolute atomic E-state index is 0.514. The van der Waals surface area contributed by atoms with Gasteiger partial charge in [0.1, 0.15) is 5.69 Å². The molecule has 3 atom stereocenters. The van der Waals surface area contributed by atoms with Crippen LogP contribution in [0.15, 0.2) is 41.8 Å². The first kappa shape index (κ1) is 19.6. The fraction of sp³-hybridized carbons (Fsp3) is 0.520. The first-order valence-electron chi connectivity index (χ1n) is 11.7. The average Bonchev–Trinajstić information content (AvgIpc) is 3.51. The molecule has 1 aromatic carbocycles. The van der Waals surface area contributed by atoms with Crippen molar-refractivity contribution in [3.63, 3.8) is 0 Å². The molecule has 3 fully saturated rings. The van der Waals surface area contributed by atoms with Crippen molar-refractivity contribution in [2.75, 3.05) is 38.2 Å². The molecule has 2 aliphatic heterocycles. The number of hydrogen-bond donors (Lipinski definition) is 1. The van der Waals surface area contributed by atoms with Crippen LogP contribution in [-0.4, -0.2) is 54.0 Å².